The van der Waals surface area contributed by atoms with Gasteiger partial charge in [0.05, 0.1) is 5.84 Å². The molecule has 0 aliphatic rings. The van der Waals surface area contributed by atoms with Crippen molar-refractivity contribution < 1.29 is 0 Å². The second-order valence-electron chi connectivity index (χ2n) is 4.30. The molecule has 13 heavy (non-hydrogen) atoms. The topological polar surface area (TPSA) is 24.4 Å². The molecular formula is C11H24N2. The Bertz CT molecular complexity index is 148. The number of hydrogen-bond donors (Lipinski definition) is 1. The molecular weight excluding hydrogens is 160 g/mol. The van der Waals surface area contributed by atoms with E-state index in [0.29, 0.717) is 6.04 Å². The number of nitrogens with one attached hydrogen (secondary N) is 1. The third-order valence-corrected chi connectivity index (χ3v) is 1.79. The molecule has 0 saturated carbocycles. The van der Waals surface area contributed by atoms with E-state index in [-0.39, 0.29) is 0 Å². The van der Waals surface area contributed by atoms with E-state index in [1.807, 2.05) is 6.92 Å². The molecule has 78 valence electrons. The van der Waals surface area contributed by atoms with Crippen LogP contribution in [0.2, 0.25) is 0 Å². The minimum Gasteiger partial charge on any atom is -0.372 e. The maximum absolute atomic E-state index is 4.44. The quantitative estimate of drug-likeness (QED) is 0.396. The summed E-state index contributed by atoms with van der Waals surface area (Å²) in [6, 6.07) is 0.494. The van der Waals surface area contributed by atoms with Gasteiger partial charge < -0.3 is 5.32 Å². The molecule has 0 unspecified atom stereocenters. The van der Waals surface area contributed by atoms with Gasteiger partial charge in [-0.1, -0.05) is 13.8 Å². The molecule has 0 saturated heterocycles. The molecule has 0 aliphatic heterocycles. The number of rotatable bonds is 5. The predicted molar refractivity (Wildman–Crippen MR) is 60.3 cm³/mol. The lowest BCUT2D eigenvalue weighted by Gasteiger charge is -2.09. The van der Waals surface area contributed by atoms with Gasteiger partial charge in [-0.2, -0.15) is 0 Å². The molecule has 0 spiro atoms. The Morgan fingerprint density at radius 2 is 1.85 bits per heavy atom. The summed E-state index contributed by atoms with van der Waals surface area (Å²) in [7, 11) is 0. The SMILES string of the molecule is C/C(=N\CCCC(C)C)NC(C)C. The lowest BCUT2D eigenvalue weighted by Crippen LogP contribution is -2.28. The van der Waals surface area contributed by atoms with Gasteiger partial charge in [-0.25, -0.2) is 0 Å². The van der Waals surface area contributed by atoms with Crippen molar-refractivity contribution in [2.24, 2.45) is 10.9 Å². The largest absolute Gasteiger partial charge is 0.372 e. The standard InChI is InChI=1S/C11H24N2/c1-9(2)7-6-8-12-11(5)13-10(3)4/h9-10H,6-8H2,1-5H3,(H,12,13). The fourth-order valence-electron chi connectivity index (χ4n) is 1.21. The highest BCUT2D eigenvalue weighted by Gasteiger charge is 1.95. The first-order valence-electron chi connectivity index (χ1n) is 5.30. The van der Waals surface area contributed by atoms with Crippen molar-refractivity contribution in [3.8, 4) is 0 Å². The molecule has 0 fully saturated rings. The van der Waals surface area contributed by atoms with Gasteiger partial charge in [0, 0.05) is 12.6 Å². The molecule has 0 atom stereocenters. The van der Waals surface area contributed by atoms with Crippen LogP contribution in [0, 0.1) is 5.92 Å². The van der Waals surface area contributed by atoms with Gasteiger partial charge in [-0.3, -0.25) is 4.99 Å². The lowest BCUT2D eigenvalue weighted by molar-refractivity contribution is 0.560. The van der Waals surface area contributed by atoms with Crippen LogP contribution in [-0.4, -0.2) is 18.4 Å². The van der Waals surface area contributed by atoms with Crippen LogP contribution >= 0.6 is 0 Å². The third kappa shape index (κ3) is 9.38. The Morgan fingerprint density at radius 1 is 1.23 bits per heavy atom. The first kappa shape index (κ1) is 12.5. The minimum absolute atomic E-state index is 0.494. The van der Waals surface area contributed by atoms with Gasteiger partial charge in [0.25, 0.3) is 0 Å². The van der Waals surface area contributed by atoms with Crippen LogP contribution < -0.4 is 5.32 Å². The highest BCUT2D eigenvalue weighted by molar-refractivity contribution is 5.79. The van der Waals surface area contributed by atoms with E-state index in [0.717, 1.165) is 18.3 Å². The Kier molecular flexibility index (Phi) is 6.65. The fourth-order valence-corrected chi connectivity index (χ4v) is 1.21. The first-order valence-corrected chi connectivity index (χ1v) is 5.30. The zero-order valence-electron chi connectivity index (χ0n) is 9.72. The van der Waals surface area contributed by atoms with Crippen molar-refractivity contribution in [3.63, 3.8) is 0 Å². The molecule has 2 heteroatoms. The third-order valence-electron chi connectivity index (χ3n) is 1.79. The van der Waals surface area contributed by atoms with E-state index in [1.54, 1.807) is 0 Å². The van der Waals surface area contributed by atoms with Crippen LogP contribution in [0.3, 0.4) is 0 Å². The normalized spacial score (nSPS) is 12.7. The maximum atomic E-state index is 4.44. The van der Waals surface area contributed by atoms with Gasteiger partial charge in [-0.15, -0.1) is 0 Å². The van der Waals surface area contributed by atoms with Gasteiger partial charge in [0.1, 0.15) is 0 Å². The second kappa shape index (κ2) is 6.93. The molecule has 0 rings (SSSR count). The highest BCUT2D eigenvalue weighted by atomic mass is 15.0. The van der Waals surface area contributed by atoms with Crippen LogP contribution in [0.4, 0.5) is 0 Å². The smallest absolute Gasteiger partial charge is 0.0933 e. The predicted octanol–water partition coefficient (Wildman–Crippen LogP) is 2.84. The first-order chi connectivity index (χ1) is 6.02. The lowest BCUT2D eigenvalue weighted by atomic mass is 10.1. The summed E-state index contributed by atoms with van der Waals surface area (Å²) in [5.41, 5.74) is 0. The summed E-state index contributed by atoms with van der Waals surface area (Å²) >= 11 is 0. The molecule has 0 radical (unpaired) electrons. The zero-order valence-corrected chi connectivity index (χ0v) is 9.72. The molecule has 0 aliphatic carbocycles. The molecule has 0 amide bonds. The second-order valence-corrected chi connectivity index (χ2v) is 4.30. The van der Waals surface area contributed by atoms with Gasteiger partial charge in [0.15, 0.2) is 0 Å². The van der Waals surface area contributed by atoms with Gasteiger partial charge >= 0.3 is 0 Å². The Labute approximate surface area is 82.8 Å². The molecule has 2 nitrogen and oxygen atoms in total. The summed E-state index contributed by atoms with van der Waals surface area (Å²) in [6.45, 7) is 11.8. The number of nitrogens with zero attached hydrogens (tertiary/aromatic N) is 1. The van der Waals surface area contributed by atoms with Crippen molar-refractivity contribution in [3.05, 3.63) is 0 Å². The van der Waals surface area contributed by atoms with E-state index < -0.39 is 0 Å². The Hall–Kier alpha value is -0.530. The van der Waals surface area contributed by atoms with Gasteiger partial charge in [0.2, 0.25) is 0 Å². The van der Waals surface area contributed by atoms with E-state index >= 15 is 0 Å². The van der Waals surface area contributed by atoms with Crippen molar-refractivity contribution in [1.29, 1.82) is 0 Å². The summed E-state index contributed by atoms with van der Waals surface area (Å²) in [6.07, 6.45) is 2.48. The van der Waals surface area contributed by atoms with Crippen LogP contribution in [-0.2, 0) is 0 Å². The average Bonchev–Trinajstić information content (AvgIpc) is 1.96. The number of amidine groups is 1. The van der Waals surface area contributed by atoms with Crippen molar-refractivity contribution in [1.82, 2.24) is 5.32 Å². The highest BCUT2D eigenvalue weighted by Crippen LogP contribution is 2.02. The number of hydrogen-bond acceptors (Lipinski definition) is 1. The van der Waals surface area contributed by atoms with E-state index in [4.69, 9.17) is 0 Å². The van der Waals surface area contributed by atoms with Gasteiger partial charge in [-0.05, 0) is 39.5 Å². The molecule has 0 heterocycles. The maximum Gasteiger partial charge on any atom is 0.0933 e. The Balaban J connectivity index is 3.47. The van der Waals surface area contributed by atoms with Crippen molar-refractivity contribution >= 4 is 5.84 Å². The average molecular weight is 184 g/mol. The zero-order chi connectivity index (χ0) is 10.3. The summed E-state index contributed by atoms with van der Waals surface area (Å²) in [4.78, 5) is 4.44. The monoisotopic (exact) mass is 184 g/mol. The summed E-state index contributed by atoms with van der Waals surface area (Å²) < 4.78 is 0. The molecule has 0 bridgehead atoms. The Morgan fingerprint density at radius 3 is 2.31 bits per heavy atom. The molecule has 0 aromatic rings. The molecule has 0 aromatic heterocycles. The molecule has 1 N–H and O–H groups in total. The van der Waals surface area contributed by atoms with Crippen molar-refractivity contribution in [2.75, 3.05) is 6.54 Å². The van der Waals surface area contributed by atoms with Crippen LogP contribution in [0.1, 0.15) is 47.5 Å². The minimum atomic E-state index is 0.494. The summed E-state index contributed by atoms with van der Waals surface area (Å²) in [5.74, 6) is 1.87. The van der Waals surface area contributed by atoms with Crippen molar-refractivity contribution in [2.45, 2.75) is 53.5 Å². The van der Waals surface area contributed by atoms with Crippen LogP contribution in [0.5, 0.6) is 0 Å². The van der Waals surface area contributed by atoms with E-state index in [2.05, 4.69) is 38.0 Å². The van der Waals surface area contributed by atoms with Crippen LogP contribution in [0.15, 0.2) is 4.99 Å². The van der Waals surface area contributed by atoms with E-state index in [1.165, 1.54) is 12.8 Å². The van der Waals surface area contributed by atoms with Crippen LogP contribution in [0.25, 0.3) is 0 Å². The number of aliphatic imine (C=N–C) groups is 1. The fraction of sp³-hybridized carbons (Fsp3) is 0.909. The summed E-state index contributed by atoms with van der Waals surface area (Å²) in [5, 5.41) is 3.28. The molecule has 0 aromatic carbocycles. The van der Waals surface area contributed by atoms with E-state index in [9.17, 15) is 0 Å².